The molecule has 0 spiro atoms. The molecule has 4 atom stereocenters. The Bertz CT molecular complexity index is 1680. The van der Waals surface area contributed by atoms with Gasteiger partial charge in [0.05, 0.1) is 23.7 Å². The lowest BCUT2D eigenvalue weighted by molar-refractivity contribution is -0.138. The van der Waals surface area contributed by atoms with E-state index in [9.17, 15) is 24.3 Å². The number of aromatic hydroxyl groups is 1. The van der Waals surface area contributed by atoms with Crippen LogP contribution in [0.1, 0.15) is 29.5 Å². The van der Waals surface area contributed by atoms with E-state index in [0.717, 1.165) is 9.47 Å². The SMILES string of the molecule is Cc1cc(C2C3=CCn4c(=O)n(-c5ccccc5)c(=O)n4C3CC3(Cl)C(=O)N(CBr)C(=O)C23Cl)ccc1O. The van der Waals surface area contributed by atoms with Gasteiger partial charge < -0.3 is 5.11 Å². The predicted molar refractivity (Wildman–Crippen MR) is 144 cm³/mol. The number of alkyl halides is 3. The van der Waals surface area contributed by atoms with Gasteiger partial charge in [-0.2, -0.15) is 0 Å². The van der Waals surface area contributed by atoms with Gasteiger partial charge in [-0.3, -0.25) is 14.5 Å². The molecule has 196 valence electrons. The van der Waals surface area contributed by atoms with Crippen LogP contribution in [0.3, 0.4) is 0 Å². The maximum absolute atomic E-state index is 13.8. The monoisotopic (exact) mass is 618 g/mol. The lowest BCUT2D eigenvalue weighted by atomic mass is 9.64. The van der Waals surface area contributed by atoms with E-state index in [4.69, 9.17) is 23.2 Å². The van der Waals surface area contributed by atoms with E-state index >= 15 is 0 Å². The molecule has 6 rings (SSSR count). The van der Waals surface area contributed by atoms with Gasteiger partial charge in [-0.1, -0.05) is 52.3 Å². The fraction of sp³-hybridized carbons (Fsp3) is 0.308. The molecule has 1 aromatic heterocycles. The van der Waals surface area contributed by atoms with Crippen molar-refractivity contribution in [1.29, 1.82) is 0 Å². The number of aromatic nitrogens is 3. The second-order valence-corrected chi connectivity index (χ2v) is 11.5. The lowest BCUT2D eigenvalue weighted by Crippen LogP contribution is -2.59. The molecule has 2 aromatic carbocycles. The smallest absolute Gasteiger partial charge is 0.352 e. The first-order valence-corrected chi connectivity index (χ1v) is 13.7. The fourth-order valence-corrected chi connectivity index (χ4v) is 7.45. The van der Waals surface area contributed by atoms with Crippen molar-refractivity contribution in [3.05, 3.63) is 92.3 Å². The fourth-order valence-electron chi connectivity index (χ4n) is 6.05. The van der Waals surface area contributed by atoms with Crippen molar-refractivity contribution >= 4 is 50.9 Å². The second kappa shape index (κ2) is 8.46. The second-order valence-electron chi connectivity index (χ2n) is 9.74. The summed E-state index contributed by atoms with van der Waals surface area (Å²) in [5.41, 5.74) is 0.883. The summed E-state index contributed by atoms with van der Waals surface area (Å²) >= 11 is 17.5. The van der Waals surface area contributed by atoms with Crippen molar-refractivity contribution in [2.24, 2.45) is 0 Å². The van der Waals surface area contributed by atoms with Crippen molar-refractivity contribution in [3.63, 3.8) is 0 Å². The molecule has 1 saturated heterocycles. The highest BCUT2D eigenvalue weighted by atomic mass is 79.9. The Balaban J connectivity index is 1.62. The topological polar surface area (TPSA) is 107 Å². The number of halogens is 3. The van der Waals surface area contributed by atoms with Crippen molar-refractivity contribution in [3.8, 4) is 11.4 Å². The lowest BCUT2D eigenvalue weighted by Gasteiger charge is -2.49. The summed E-state index contributed by atoms with van der Waals surface area (Å²) in [7, 11) is 0. The normalized spacial score (nSPS) is 28.1. The Hall–Kier alpha value is -3.08. The Morgan fingerprint density at radius 3 is 2.39 bits per heavy atom. The van der Waals surface area contributed by atoms with Gasteiger partial charge in [-0.15, -0.1) is 23.2 Å². The first kappa shape index (κ1) is 25.2. The molecule has 3 heterocycles. The standard InChI is InChI=1S/C26H21BrCl2N4O5/c1-14-11-15(7-8-19(14)34)20-17-9-10-31-23(37)32(16-5-3-2-4-6-16)24(38)33(31)18(17)12-25(28)21(35)30(13-27)22(36)26(20,25)29/h2-9,11,18,20,34H,10,12-13H2,1H3. The third-order valence-electron chi connectivity index (χ3n) is 7.85. The van der Waals surface area contributed by atoms with Gasteiger partial charge >= 0.3 is 11.4 Å². The van der Waals surface area contributed by atoms with E-state index in [2.05, 4.69) is 15.9 Å². The minimum absolute atomic E-state index is 0.0554. The number of aryl methyl sites for hydroxylation is 1. The molecule has 3 aliphatic rings. The van der Waals surface area contributed by atoms with Crippen LogP contribution in [0.5, 0.6) is 5.75 Å². The van der Waals surface area contributed by atoms with E-state index in [1.54, 1.807) is 55.5 Å². The average Bonchev–Trinajstić information content (AvgIpc) is 3.24. The zero-order valence-corrected chi connectivity index (χ0v) is 23.1. The molecule has 12 heteroatoms. The predicted octanol–water partition coefficient (Wildman–Crippen LogP) is 3.16. The van der Waals surface area contributed by atoms with E-state index in [0.29, 0.717) is 22.4 Å². The number of phenols is 1. The number of benzene rings is 2. The Morgan fingerprint density at radius 1 is 1.03 bits per heavy atom. The Morgan fingerprint density at radius 2 is 1.74 bits per heavy atom. The number of phenolic OH excluding ortho intramolecular Hbond substituents is 1. The molecule has 2 amide bonds. The highest BCUT2D eigenvalue weighted by Crippen LogP contribution is 2.63. The van der Waals surface area contributed by atoms with Crippen LogP contribution in [-0.2, 0) is 16.1 Å². The molecular formula is C26H21BrCl2N4O5. The number of rotatable bonds is 3. The molecule has 4 unspecified atom stereocenters. The summed E-state index contributed by atoms with van der Waals surface area (Å²) in [5.74, 6) is -2.19. The number of allylic oxidation sites excluding steroid dienone is 2. The molecule has 3 aromatic rings. The third-order valence-corrected chi connectivity index (χ3v) is 9.77. The number of likely N-dealkylation sites (tertiary alicyclic amines) is 1. The molecule has 1 N–H and O–H groups in total. The number of para-hydroxylation sites is 1. The molecule has 2 aliphatic heterocycles. The van der Waals surface area contributed by atoms with Gasteiger partial charge in [-0.25, -0.2) is 23.5 Å². The number of hydrogen-bond donors (Lipinski definition) is 1. The number of carbonyl (C=O) groups is 2. The van der Waals surface area contributed by atoms with Crippen LogP contribution in [0.25, 0.3) is 5.69 Å². The van der Waals surface area contributed by atoms with Gasteiger partial charge in [0.2, 0.25) is 0 Å². The number of nitrogens with zero attached hydrogens (tertiary/aromatic N) is 4. The molecular weight excluding hydrogens is 599 g/mol. The molecule has 2 fully saturated rings. The highest BCUT2D eigenvalue weighted by Gasteiger charge is 2.75. The first-order chi connectivity index (χ1) is 18.1. The third kappa shape index (κ3) is 3.05. The van der Waals surface area contributed by atoms with Gasteiger partial charge in [0, 0.05) is 12.3 Å². The Kier molecular flexibility index (Phi) is 5.61. The van der Waals surface area contributed by atoms with Crippen LogP contribution >= 0.6 is 39.1 Å². The summed E-state index contributed by atoms with van der Waals surface area (Å²) in [5, 5.41) is 10.2. The summed E-state index contributed by atoms with van der Waals surface area (Å²) in [6.45, 7) is 1.76. The van der Waals surface area contributed by atoms with E-state index in [1.165, 1.54) is 15.4 Å². The van der Waals surface area contributed by atoms with Crippen LogP contribution in [-0.4, -0.2) is 51.0 Å². The number of amides is 2. The van der Waals surface area contributed by atoms with Gasteiger partial charge in [0.25, 0.3) is 11.8 Å². The number of imide groups is 1. The van der Waals surface area contributed by atoms with Gasteiger partial charge in [0.1, 0.15) is 5.75 Å². The maximum atomic E-state index is 13.8. The van der Waals surface area contributed by atoms with Crippen LogP contribution in [0, 0.1) is 6.92 Å². The van der Waals surface area contributed by atoms with E-state index in [1.807, 2.05) is 0 Å². The zero-order chi connectivity index (χ0) is 27.1. The number of fused-ring (bicyclic) bond motifs is 4. The van der Waals surface area contributed by atoms with Crippen LogP contribution in [0.2, 0.25) is 0 Å². The average molecular weight is 620 g/mol. The van der Waals surface area contributed by atoms with Crippen molar-refractivity contribution in [2.45, 2.75) is 41.6 Å². The number of carbonyl (C=O) groups excluding carboxylic acids is 2. The summed E-state index contributed by atoms with van der Waals surface area (Å²) in [6, 6.07) is 12.5. The molecule has 0 radical (unpaired) electrons. The highest BCUT2D eigenvalue weighted by molar-refractivity contribution is 9.09. The van der Waals surface area contributed by atoms with Crippen LogP contribution < -0.4 is 11.4 Å². The molecule has 1 saturated carbocycles. The van der Waals surface area contributed by atoms with Gasteiger partial charge in [-0.05, 0) is 41.8 Å². The molecule has 9 nitrogen and oxygen atoms in total. The summed E-state index contributed by atoms with van der Waals surface area (Å²) < 4.78 is 3.71. The van der Waals surface area contributed by atoms with Crippen molar-refractivity contribution < 1.29 is 14.7 Å². The summed E-state index contributed by atoms with van der Waals surface area (Å²) in [6.07, 6.45) is 1.60. The van der Waals surface area contributed by atoms with Crippen LogP contribution in [0.4, 0.5) is 0 Å². The van der Waals surface area contributed by atoms with Crippen molar-refractivity contribution in [2.75, 3.05) is 5.45 Å². The minimum atomic E-state index is -1.91. The molecule has 1 aliphatic carbocycles. The quantitative estimate of drug-likeness (QED) is 0.210. The molecule has 0 bridgehead atoms. The minimum Gasteiger partial charge on any atom is -0.508 e. The van der Waals surface area contributed by atoms with Crippen molar-refractivity contribution in [1.82, 2.24) is 18.8 Å². The first-order valence-electron chi connectivity index (χ1n) is 11.9. The van der Waals surface area contributed by atoms with Crippen LogP contribution in [0.15, 0.2) is 69.8 Å². The Labute approximate surface area is 234 Å². The zero-order valence-electron chi connectivity index (χ0n) is 20.0. The van der Waals surface area contributed by atoms with E-state index < -0.39 is 44.9 Å². The largest absolute Gasteiger partial charge is 0.508 e. The number of hydrogen-bond acceptors (Lipinski definition) is 5. The maximum Gasteiger partial charge on any atom is 0.352 e. The molecule has 38 heavy (non-hydrogen) atoms. The summed E-state index contributed by atoms with van der Waals surface area (Å²) in [4.78, 5) is 51.7. The van der Waals surface area contributed by atoms with E-state index in [-0.39, 0.29) is 24.2 Å². The van der Waals surface area contributed by atoms with Gasteiger partial charge in [0.15, 0.2) is 9.75 Å².